The number of thiophene rings is 1. The Hall–Kier alpha value is -1.21. The number of methoxy groups -OCH3 is 1. The van der Waals surface area contributed by atoms with Crippen molar-refractivity contribution in [2.45, 2.75) is 25.0 Å². The van der Waals surface area contributed by atoms with Gasteiger partial charge < -0.3 is 10.1 Å². The molecule has 0 fully saturated rings. The minimum absolute atomic E-state index is 0.164. The third kappa shape index (κ3) is 4.19. The summed E-state index contributed by atoms with van der Waals surface area (Å²) in [6, 6.07) is 5.34. The van der Waals surface area contributed by atoms with E-state index < -0.39 is 5.97 Å². The average molecular weight is 430 g/mol. The molecule has 8 heteroatoms. The summed E-state index contributed by atoms with van der Waals surface area (Å²) in [7, 11) is 1.36. The molecule has 4 nitrogen and oxygen atoms in total. The van der Waals surface area contributed by atoms with E-state index in [1.54, 1.807) is 18.2 Å². The number of carbonyl (C=O) groups excluding carboxylic acids is 2. The third-order valence-corrected chi connectivity index (χ3v) is 6.98. The molecule has 0 atom stereocenters. The number of fused-ring (bicyclic) bond motifs is 1. The topological polar surface area (TPSA) is 55.4 Å². The van der Waals surface area contributed by atoms with E-state index in [4.69, 9.17) is 27.9 Å². The van der Waals surface area contributed by atoms with E-state index >= 15 is 0 Å². The smallest absolute Gasteiger partial charge is 0.341 e. The highest BCUT2D eigenvalue weighted by Gasteiger charge is 2.27. The lowest BCUT2D eigenvalue weighted by atomic mass is 10.1. The number of amides is 1. The molecule has 1 aromatic carbocycles. The summed E-state index contributed by atoms with van der Waals surface area (Å²) in [6.07, 6.45) is 2.83. The molecular weight excluding hydrogens is 413 g/mol. The number of esters is 1. The minimum atomic E-state index is -0.393. The fraction of sp³-hybridized carbons (Fsp3) is 0.333. The predicted molar refractivity (Wildman–Crippen MR) is 109 cm³/mol. The number of anilines is 1. The molecule has 0 saturated heterocycles. The van der Waals surface area contributed by atoms with E-state index in [-0.39, 0.29) is 11.7 Å². The Morgan fingerprint density at radius 1 is 1.27 bits per heavy atom. The van der Waals surface area contributed by atoms with Crippen molar-refractivity contribution >= 4 is 63.2 Å². The van der Waals surface area contributed by atoms with Crippen molar-refractivity contribution in [1.82, 2.24) is 0 Å². The highest BCUT2D eigenvalue weighted by atomic mass is 35.5. The molecule has 1 aliphatic rings. The Labute approximate surface area is 170 Å². The van der Waals surface area contributed by atoms with E-state index in [0.29, 0.717) is 26.4 Å². The van der Waals surface area contributed by atoms with Crippen molar-refractivity contribution in [3.8, 4) is 0 Å². The highest BCUT2D eigenvalue weighted by molar-refractivity contribution is 7.99. The quantitative estimate of drug-likeness (QED) is 0.640. The van der Waals surface area contributed by atoms with E-state index in [2.05, 4.69) is 5.32 Å². The molecule has 1 aromatic heterocycles. The summed E-state index contributed by atoms with van der Waals surface area (Å²) >= 11 is 15.2. The molecular formula is C18H17Cl2NO3S2. The fourth-order valence-electron chi connectivity index (χ4n) is 2.89. The number of hydrogen-bond acceptors (Lipinski definition) is 5. The lowest BCUT2D eigenvalue weighted by Crippen LogP contribution is -2.16. The van der Waals surface area contributed by atoms with Crippen molar-refractivity contribution in [2.24, 2.45) is 0 Å². The lowest BCUT2D eigenvalue weighted by Gasteiger charge is -2.08. The zero-order valence-corrected chi connectivity index (χ0v) is 17.2. The Balaban J connectivity index is 1.63. The van der Waals surface area contributed by atoms with Crippen LogP contribution in [0.1, 0.15) is 32.8 Å². The molecule has 138 valence electrons. The second-order valence-corrected chi connectivity index (χ2v) is 8.70. The van der Waals surface area contributed by atoms with Crippen molar-refractivity contribution in [3.05, 3.63) is 49.8 Å². The van der Waals surface area contributed by atoms with Gasteiger partial charge in [0.1, 0.15) is 5.00 Å². The van der Waals surface area contributed by atoms with Gasteiger partial charge in [0.15, 0.2) is 0 Å². The number of rotatable bonds is 6. The number of thioether (sulfide) groups is 1. The summed E-state index contributed by atoms with van der Waals surface area (Å²) in [5.74, 6) is 0.222. The molecule has 1 heterocycles. The molecule has 0 spiro atoms. The van der Waals surface area contributed by atoms with Crippen molar-refractivity contribution in [2.75, 3.05) is 18.2 Å². The standard InChI is InChI=1S/C18H17Cl2NO3S2/c1-24-18(23)16-10-4-2-7-14(10)26-17(16)21-15(22)9-25-8-11-12(19)5-3-6-13(11)20/h3,5-6H,2,4,7-9H2,1H3,(H,21,22). The van der Waals surface area contributed by atoms with E-state index in [9.17, 15) is 9.59 Å². The maximum absolute atomic E-state index is 12.3. The van der Waals surface area contributed by atoms with Gasteiger partial charge in [0, 0.05) is 20.7 Å². The van der Waals surface area contributed by atoms with Crippen LogP contribution < -0.4 is 5.32 Å². The van der Waals surface area contributed by atoms with Gasteiger partial charge in [-0.15, -0.1) is 23.1 Å². The van der Waals surface area contributed by atoms with Crippen LogP contribution in [0, 0.1) is 0 Å². The summed E-state index contributed by atoms with van der Waals surface area (Å²) in [4.78, 5) is 25.6. The predicted octanol–water partition coefficient (Wildman–Crippen LogP) is 5.20. The second-order valence-electron chi connectivity index (χ2n) is 5.79. The van der Waals surface area contributed by atoms with Crippen LogP contribution in [-0.4, -0.2) is 24.7 Å². The van der Waals surface area contributed by atoms with Gasteiger partial charge in [-0.3, -0.25) is 4.79 Å². The molecule has 3 rings (SSSR count). The fourth-order valence-corrected chi connectivity index (χ4v) is 5.75. The first kappa shape index (κ1) is 19.5. The van der Waals surface area contributed by atoms with Gasteiger partial charge in [-0.25, -0.2) is 4.79 Å². The maximum Gasteiger partial charge on any atom is 0.341 e. The van der Waals surface area contributed by atoms with Crippen LogP contribution >= 0.6 is 46.3 Å². The maximum atomic E-state index is 12.3. The molecule has 0 bridgehead atoms. The van der Waals surface area contributed by atoms with Gasteiger partial charge in [-0.1, -0.05) is 29.3 Å². The molecule has 1 amide bonds. The molecule has 0 aliphatic heterocycles. The Morgan fingerprint density at radius 3 is 2.69 bits per heavy atom. The largest absolute Gasteiger partial charge is 0.465 e. The first-order valence-electron chi connectivity index (χ1n) is 8.04. The first-order valence-corrected chi connectivity index (χ1v) is 10.8. The zero-order chi connectivity index (χ0) is 18.7. The molecule has 1 N–H and O–H groups in total. The van der Waals surface area contributed by atoms with Crippen LogP contribution in [0.3, 0.4) is 0 Å². The highest BCUT2D eigenvalue weighted by Crippen LogP contribution is 2.39. The van der Waals surface area contributed by atoms with Crippen LogP contribution in [0.2, 0.25) is 10.0 Å². The van der Waals surface area contributed by atoms with Crippen LogP contribution in [0.4, 0.5) is 5.00 Å². The van der Waals surface area contributed by atoms with Crippen LogP contribution in [0.15, 0.2) is 18.2 Å². The Kier molecular flexibility index (Phi) is 6.51. The lowest BCUT2D eigenvalue weighted by molar-refractivity contribution is -0.113. The molecule has 1 aliphatic carbocycles. The molecule has 0 radical (unpaired) electrons. The van der Waals surface area contributed by atoms with Crippen LogP contribution in [0.5, 0.6) is 0 Å². The van der Waals surface area contributed by atoms with E-state index in [1.807, 2.05) is 0 Å². The van der Waals surface area contributed by atoms with Gasteiger partial charge in [0.25, 0.3) is 0 Å². The summed E-state index contributed by atoms with van der Waals surface area (Å²) < 4.78 is 4.89. The summed E-state index contributed by atoms with van der Waals surface area (Å²) in [6.45, 7) is 0. The van der Waals surface area contributed by atoms with Gasteiger partial charge >= 0.3 is 5.97 Å². The number of benzene rings is 1. The summed E-state index contributed by atoms with van der Waals surface area (Å²) in [5.41, 5.74) is 2.35. The zero-order valence-electron chi connectivity index (χ0n) is 14.1. The van der Waals surface area contributed by atoms with Crippen LogP contribution in [0.25, 0.3) is 0 Å². The number of nitrogens with one attached hydrogen (secondary N) is 1. The van der Waals surface area contributed by atoms with Crippen molar-refractivity contribution in [3.63, 3.8) is 0 Å². The number of carbonyl (C=O) groups is 2. The number of ether oxygens (including phenoxy) is 1. The number of halogens is 2. The third-order valence-electron chi connectivity index (χ3n) is 4.11. The summed E-state index contributed by atoms with van der Waals surface area (Å²) in [5, 5.41) is 4.63. The van der Waals surface area contributed by atoms with Crippen LogP contribution in [-0.2, 0) is 28.1 Å². The van der Waals surface area contributed by atoms with Gasteiger partial charge in [0.05, 0.1) is 18.4 Å². The Bertz CT molecular complexity index is 831. The second kappa shape index (κ2) is 8.65. The molecule has 26 heavy (non-hydrogen) atoms. The van der Waals surface area contributed by atoms with Crippen molar-refractivity contribution < 1.29 is 14.3 Å². The molecule has 0 saturated carbocycles. The Morgan fingerprint density at radius 2 is 2.00 bits per heavy atom. The van der Waals surface area contributed by atoms with Gasteiger partial charge in [0.2, 0.25) is 5.91 Å². The van der Waals surface area contributed by atoms with Crippen molar-refractivity contribution in [1.29, 1.82) is 0 Å². The van der Waals surface area contributed by atoms with Gasteiger partial charge in [-0.2, -0.15) is 0 Å². The first-order chi connectivity index (χ1) is 12.5. The number of hydrogen-bond donors (Lipinski definition) is 1. The monoisotopic (exact) mass is 429 g/mol. The normalized spacial score (nSPS) is 12.7. The minimum Gasteiger partial charge on any atom is -0.465 e. The van der Waals surface area contributed by atoms with E-state index in [0.717, 1.165) is 35.3 Å². The SMILES string of the molecule is COC(=O)c1c(NC(=O)CSCc2c(Cl)cccc2Cl)sc2c1CCC2. The average Bonchev–Trinajstić information content (AvgIpc) is 3.17. The van der Waals surface area contributed by atoms with E-state index in [1.165, 1.54) is 30.2 Å². The van der Waals surface area contributed by atoms with Gasteiger partial charge in [-0.05, 0) is 42.5 Å². The molecule has 0 unspecified atom stereocenters. The molecule has 2 aromatic rings. The number of aryl methyl sites for hydroxylation is 1.